The summed E-state index contributed by atoms with van der Waals surface area (Å²) in [6.07, 6.45) is 1.93. The first-order valence-corrected chi connectivity index (χ1v) is 8.17. The molecular weight excluding hydrogens is 336 g/mol. The Morgan fingerprint density at radius 1 is 1.19 bits per heavy atom. The van der Waals surface area contributed by atoms with E-state index in [9.17, 15) is 20.0 Å². The van der Waals surface area contributed by atoms with Gasteiger partial charge in [-0.15, -0.1) is 0 Å². The van der Waals surface area contributed by atoms with Crippen LogP contribution in [0.5, 0.6) is 0 Å². The van der Waals surface area contributed by atoms with Gasteiger partial charge in [0.15, 0.2) is 0 Å². The van der Waals surface area contributed by atoms with E-state index in [2.05, 4.69) is 10.3 Å². The first-order chi connectivity index (χ1) is 12.6. The lowest BCUT2D eigenvalue weighted by molar-refractivity contribution is -0.385. The second-order valence-corrected chi connectivity index (χ2v) is 5.80. The molecule has 2 N–H and O–H groups in total. The summed E-state index contributed by atoms with van der Waals surface area (Å²) in [4.78, 5) is 27.3. The number of nitrogens with one attached hydrogen (secondary N) is 1. The van der Waals surface area contributed by atoms with Crippen LogP contribution in [0, 0.1) is 10.1 Å². The fourth-order valence-electron chi connectivity index (χ4n) is 2.86. The summed E-state index contributed by atoms with van der Waals surface area (Å²) in [6.45, 7) is 0.290. The van der Waals surface area contributed by atoms with Crippen LogP contribution in [-0.4, -0.2) is 32.6 Å². The van der Waals surface area contributed by atoms with E-state index >= 15 is 0 Å². The molecule has 8 heteroatoms. The van der Waals surface area contributed by atoms with E-state index in [0.29, 0.717) is 18.6 Å². The molecule has 8 nitrogen and oxygen atoms in total. The van der Waals surface area contributed by atoms with Crippen LogP contribution in [0.2, 0.25) is 0 Å². The van der Waals surface area contributed by atoms with Gasteiger partial charge in [0.2, 0.25) is 5.82 Å². The van der Waals surface area contributed by atoms with Crippen molar-refractivity contribution in [3.05, 3.63) is 80.8 Å². The second kappa shape index (κ2) is 7.75. The summed E-state index contributed by atoms with van der Waals surface area (Å²) in [5.41, 5.74) is -0.00994. The molecule has 1 unspecified atom stereocenters. The van der Waals surface area contributed by atoms with Crippen molar-refractivity contribution >= 4 is 17.2 Å². The molecule has 2 aromatic heterocycles. The molecule has 26 heavy (non-hydrogen) atoms. The number of nitrogens with zero attached hydrogens (tertiary/aromatic N) is 3. The SMILES string of the molecule is O=c1c([N+](=O)[O-])c(NCC(CCO)c2ccccc2)nc2ccccn12. The number of fused-ring (bicyclic) bond motifs is 1. The van der Waals surface area contributed by atoms with Gasteiger partial charge in [-0.3, -0.25) is 19.3 Å². The van der Waals surface area contributed by atoms with Gasteiger partial charge in [-0.05, 0) is 24.1 Å². The molecule has 134 valence electrons. The molecule has 2 heterocycles. The molecule has 0 fully saturated rings. The second-order valence-electron chi connectivity index (χ2n) is 5.80. The number of pyridine rings is 1. The van der Waals surface area contributed by atoms with Crippen molar-refractivity contribution < 1.29 is 10.0 Å². The zero-order valence-corrected chi connectivity index (χ0v) is 13.9. The van der Waals surface area contributed by atoms with Gasteiger partial charge in [0.05, 0.1) is 4.92 Å². The zero-order chi connectivity index (χ0) is 18.5. The lowest BCUT2D eigenvalue weighted by atomic mass is 9.96. The van der Waals surface area contributed by atoms with Crippen molar-refractivity contribution in [3.8, 4) is 0 Å². The smallest absolute Gasteiger partial charge is 0.376 e. The van der Waals surface area contributed by atoms with Gasteiger partial charge < -0.3 is 10.4 Å². The molecule has 0 spiro atoms. The number of benzene rings is 1. The molecule has 0 amide bonds. The average Bonchev–Trinajstić information content (AvgIpc) is 2.65. The monoisotopic (exact) mass is 354 g/mol. The van der Waals surface area contributed by atoms with E-state index in [1.807, 2.05) is 30.3 Å². The van der Waals surface area contributed by atoms with Gasteiger partial charge in [-0.1, -0.05) is 36.4 Å². The van der Waals surface area contributed by atoms with Crippen LogP contribution in [0.3, 0.4) is 0 Å². The summed E-state index contributed by atoms with van der Waals surface area (Å²) >= 11 is 0. The topological polar surface area (TPSA) is 110 Å². The lowest BCUT2D eigenvalue weighted by Crippen LogP contribution is -2.23. The summed E-state index contributed by atoms with van der Waals surface area (Å²) in [5, 5.41) is 23.7. The van der Waals surface area contributed by atoms with E-state index < -0.39 is 16.2 Å². The number of aliphatic hydroxyl groups excluding tert-OH is 1. The highest BCUT2D eigenvalue weighted by Gasteiger charge is 2.24. The van der Waals surface area contributed by atoms with Crippen LogP contribution in [0.1, 0.15) is 17.9 Å². The summed E-state index contributed by atoms with van der Waals surface area (Å²) in [5.74, 6) is -0.137. The highest BCUT2D eigenvalue weighted by Crippen LogP contribution is 2.23. The van der Waals surface area contributed by atoms with Gasteiger partial charge >= 0.3 is 11.2 Å². The fraction of sp³-hybridized carbons (Fsp3) is 0.222. The average molecular weight is 354 g/mol. The number of aromatic nitrogens is 2. The molecule has 3 rings (SSSR count). The molecule has 1 aromatic carbocycles. The number of rotatable bonds is 7. The molecule has 3 aromatic rings. The predicted molar refractivity (Wildman–Crippen MR) is 97.5 cm³/mol. The summed E-state index contributed by atoms with van der Waals surface area (Å²) < 4.78 is 1.14. The quantitative estimate of drug-likeness (QED) is 0.497. The standard InChI is InChI=1S/C18H18N4O4/c23-11-9-14(13-6-2-1-3-7-13)12-19-17-16(22(25)26)18(24)21-10-5-4-8-15(21)20-17/h1-8,10,14,19,23H,9,11-12H2. The summed E-state index contributed by atoms with van der Waals surface area (Å²) in [6, 6.07) is 14.5. The van der Waals surface area contributed by atoms with Crippen LogP contribution in [0.4, 0.5) is 11.5 Å². The third-order valence-electron chi connectivity index (χ3n) is 4.16. The van der Waals surface area contributed by atoms with Gasteiger partial charge in [0.1, 0.15) is 5.65 Å². The number of hydrogen-bond donors (Lipinski definition) is 2. The molecule has 0 aliphatic carbocycles. The molecule has 0 aliphatic heterocycles. The van der Waals surface area contributed by atoms with Crippen LogP contribution in [0.25, 0.3) is 5.65 Å². The third kappa shape index (κ3) is 3.55. The zero-order valence-electron chi connectivity index (χ0n) is 13.9. The van der Waals surface area contributed by atoms with Crippen molar-refractivity contribution in [3.63, 3.8) is 0 Å². The Morgan fingerprint density at radius 2 is 1.92 bits per heavy atom. The first-order valence-electron chi connectivity index (χ1n) is 8.17. The Hall–Kier alpha value is -3.26. The van der Waals surface area contributed by atoms with Crippen molar-refractivity contribution in [1.29, 1.82) is 0 Å². The molecular formula is C18H18N4O4. The van der Waals surface area contributed by atoms with E-state index in [4.69, 9.17) is 0 Å². The fourth-order valence-corrected chi connectivity index (χ4v) is 2.86. The lowest BCUT2D eigenvalue weighted by Gasteiger charge is -2.17. The largest absolute Gasteiger partial charge is 0.396 e. The maximum absolute atomic E-state index is 12.4. The Morgan fingerprint density at radius 3 is 2.62 bits per heavy atom. The summed E-state index contributed by atoms with van der Waals surface area (Å²) in [7, 11) is 0. The minimum Gasteiger partial charge on any atom is -0.396 e. The minimum atomic E-state index is -0.735. The van der Waals surface area contributed by atoms with Gasteiger partial charge in [0.25, 0.3) is 0 Å². The highest BCUT2D eigenvalue weighted by atomic mass is 16.6. The van der Waals surface area contributed by atoms with E-state index in [0.717, 1.165) is 9.96 Å². The molecule has 0 radical (unpaired) electrons. The normalized spacial score (nSPS) is 12.0. The number of nitro groups is 1. The Balaban J connectivity index is 1.96. The predicted octanol–water partition coefficient (Wildman–Crippen LogP) is 2.18. The van der Waals surface area contributed by atoms with Gasteiger partial charge in [-0.25, -0.2) is 4.98 Å². The number of anilines is 1. The maximum atomic E-state index is 12.4. The van der Waals surface area contributed by atoms with Crippen LogP contribution in [0.15, 0.2) is 59.5 Å². The first kappa shape index (κ1) is 17.6. The number of aliphatic hydroxyl groups is 1. The van der Waals surface area contributed by atoms with E-state index in [1.165, 1.54) is 6.20 Å². The highest BCUT2D eigenvalue weighted by molar-refractivity contribution is 5.60. The molecule has 1 atom stereocenters. The van der Waals surface area contributed by atoms with Crippen molar-refractivity contribution in [1.82, 2.24) is 9.38 Å². The maximum Gasteiger partial charge on any atom is 0.376 e. The van der Waals surface area contributed by atoms with Crippen LogP contribution < -0.4 is 10.9 Å². The van der Waals surface area contributed by atoms with E-state index in [1.54, 1.807) is 18.2 Å². The van der Waals surface area contributed by atoms with E-state index in [-0.39, 0.29) is 18.3 Å². The van der Waals surface area contributed by atoms with Gasteiger partial charge in [0, 0.05) is 25.3 Å². The molecule has 0 aliphatic rings. The molecule has 0 saturated carbocycles. The Kier molecular flexibility index (Phi) is 5.23. The third-order valence-corrected chi connectivity index (χ3v) is 4.16. The minimum absolute atomic E-state index is 0.0167. The van der Waals surface area contributed by atoms with Gasteiger partial charge in [-0.2, -0.15) is 0 Å². The van der Waals surface area contributed by atoms with Crippen molar-refractivity contribution in [2.24, 2.45) is 0 Å². The molecule has 0 bridgehead atoms. The Labute approximate surface area is 148 Å². The van der Waals surface area contributed by atoms with Crippen LogP contribution >= 0.6 is 0 Å². The van der Waals surface area contributed by atoms with Crippen LogP contribution in [-0.2, 0) is 0 Å². The Bertz CT molecular complexity index is 972. The van der Waals surface area contributed by atoms with Crippen molar-refractivity contribution in [2.75, 3.05) is 18.5 Å². The number of hydrogen-bond acceptors (Lipinski definition) is 6. The van der Waals surface area contributed by atoms with Crippen molar-refractivity contribution in [2.45, 2.75) is 12.3 Å². The molecule has 0 saturated heterocycles.